The number of rotatable bonds is 4. The van der Waals surface area contributed by atoms with Gasteiger partial charge in [-0.05, 0) is 112 Å². The van der Waals surface area contributed by atoms with Crippen LogP contribution in [0.4, 0.5) is 0 Å². The van der Waals surface area contributed by atoms with Gasteiger partial charge >= 0.3 is 0 Å². The molecule has 1 N–H and O–H groups in total. The first-order chi connectivity index (χ1) is 13.3. The second-order valence-electron chi connectivity index (χ2n) is 11.4. The molecule has 29 heavy (non-hydrogen) atoms. The zero-order valence-electron chi connectivity index (χ0n) is 20.2. The van der Waals surface area contributed by atoms with Crippen molar-refractivity contribution in [1.29, 1.82) is 0 Å². The van der Waals surface area contributed by atoms with Gasteiger partial charge in [-0.3, -0.25) is 0 Å². The molecule has 0 spiro atoms. The zero-order chi connectivity index (χ0) is 21.8. The highest BCUT2D eigenvalue weighted by Crippen LogP contribution is 2.60. The molecule has 0 bridgehead atoms. The van der Waals surface area contributed by atoms with E-state index in [0.29, 0.717) is 23.7 Å². The third-order valence-electron chi connectivity index (χ3n) is 8.59. The van der Waals surface area contributed by atoms with E-state index in [-0.39, 0.29) is 16.3 Å². The van der Waals surface area contributed by atoms with Crippen LogP contribution < -0.4 is 4.18 Å². The Bertz CT molecular complexity index is 733. The minimum Gasteiger partial charge on any atom is -0.449 e. The third-order valence-corrected chi connectivity index (χ3v) is 12.2. The Kier molecular flexibility index (Phi) is 6.18. The van der Waals surface area contributed by atoms with Gasteiger partial charge < -0.3 is 9.29 Å². The molecule has 6 atom stereocenters. The molecule has 0 heterocycles. The van der Waals surface area contributed by atoms with Gasteiger partial charge in [0.05, 0.1) is 6.10 Å². The van der Waals surface area contributed by atoms with Gasteiger partial charge in [-0.1, -0.05) is 43.6 Å². The fourth-order valence-electron chi connectivity index (χ4n) is 6.16. The Hall–Kier alpha value is -0.670. The van der Waals surface area contributed by atoms with Gasteiger partial charge in [0.15, 0.2) is 0 Å². The summed E-state index contributed by atoms with van der Waals surface area (Å²) < 4.78 is 6.71. The number of hydrogen-bond acceptors (Lipinski definition) is 2. The van der Waals surface area contributed by atoms with Crippen LogP contribution in [0.25, 0.3) is 0 Å². The Morgan fingerprint density at radius 3 is 2.48 bits per heavy atom. The van der Waals surface area contributed by atoms with Gasteiger partial charge in [0.1, 0.15) is 5.75 Å². The summed E-state index contributed by atoms with van der Waals surface area (Å²) in [6.07, 6.45) is 8.96. The van der Waals surface area contributed by atoms with Crippen LogP contribution >= 0.6 is 10.3 Å². The molecule has 3 rings (SSSR count). The van der Waals surface area contributed by atoms with Crippen molar-refractivity contribution in [3.63, 3.8) is 0 Å². The Morgan fingerprint density at radius 1 is 1.28 bits per heavy atom. The minimum absolute atomic E-state index is 0.0377. The van der Waals surface area contributed by atoms with Crippen molar-refractivity contribution >= 4 is 10.3 Å². The number of aryl methyl sites for hydroxylation is 1. The van der Waals surface area contributed by atoms with E-state index in [1.807, 2.05) is 6.92 Å². The maximum absolute atomic E-state index is 10.6. The van der Waals surface area contributed by atoms with Gasteiger partial charge in [-0.2, -0.15) is 0 Å². The van der Waals surface area contributed by atoms with Gasteiger partial charge in [0, 0.05) is 4.75 Å². The number of hydrogen-bond donors (Lipinski definition) is 1. The SMILES string of the molecule is CCC1C2CCc3cc(OS(C)(C)C(C)(C)C)ccc3C2C(C)CC1(C)C(C)O. The summed E-state index contributed by atoms with van der Waals surface area (Å²) in [6.45, 7) is 15.9. The van der Waals surface area contributed by atoms with Crippen LogP contribution in [0, 0.1) is 23.2 Å². The first kappa shape index (κ1) is 23.0. The molecule has 0 radical (unpaired) electrons. The fourth-order valence-corrected chi connectivity index (χ4v) is 7.00. The van der Waals surface area contributed by atoms with E-state index in [9.17, 15) is 5.11 Å². The van der Waals surface area contributed by atoms with Crippen molar-refractivity contribution in [1.82, 2.24) is 0 Å². The van der Waals surface area contributed by atoms with E-state index in [1.54, 1.807) is 5.56 Å². The lowest BCUT2D eigenvalue weighted by molar-refractivity contribution is -0.0800. The van der Waals surface area contributed by atoms with Crippen molar-refractivity contribution < 1.29 is 9.29 Å². The Balaban J connectivity index is 1.92. The first-order valence-electron chi connectivity index (χ1n) is 11.5. The van der Waals surface area contributed by atoms with Crippen molar-refractivity contribution in [2.45, 2.75) is 90.9 Å². The monoisotopic (exact) mass is 420 g/mol. The summed E-state index contributed by atoms with van der Waals surface area (Å²) in [6, 6.07) is 6.92. The highest BCUT2D eigenvalue weighted by molar-refractivity contribution is 8.30. The standard InChI is InChI=1S/C26H44O2S/c1-10-23-22-13-11-19-15-20(28-29(8,9)25(4,5)6)12-14-21(19)24(22)17(2)16-26(23,7)18(3)27/h12,14-15,17-18,22-24,27H,10-11,13,16H2,1-9H3. The lowest BCUT2D eigenvalue weighted by Crippen LogP contribution is -2.50. The second-order valence-corrected chi connectivity index (χ2v) is 15.3. The largest absolute Gasteiger partial charge is 0.449 e. The van der Waals surface area contributed by atoms with Gasteiger partial charge in [0.2, 0.25) is 0 Å². The van der Waals surface area contributed by atoms with Gasteiger partial charge in [-0.25, -0.2) is 0 Å². The molecule has 3 heteroatoms. The average Bonchev–Trinajstić information content (AvgIpc) is 2.59. The summed E-state index contributed by atoms with van der Waals surface area (Å²) in [7, 11) is -1.18. The molecule has 6 unspecified atom stereocenters. The lowest BCUT2D eigenvalue weighted by atomic mass is 9.50. The van der Waals surface area contributed by atoms with Gasteiger partial charge in [0.25, 0.3) is 0 Å². The van der Waals surface area contributed by atoms with Crippen molar-refractivity contribution in [2.75, 3.05) is 12.5 Å². The van der Waals surface area contributed by atoms with Crippen LogP contribution in [0.5, 0.6) is 5.75 Å². The summed E-state index contributed by atoms with van der Waals surface area (Å²) >= 11 is 0. The Morgan fingerprint density at radius 2 is 1.93 bits per heavy atom. The van der Waals surface area contributed by atoms with Gasteiger partial charge in [-0.15, -0.1) is 0 Å². The molecule has 0 aliphatic heterocycles. The molecule has 1 aromatic rings. The van der Waals surface area contributed by atoms with Crippen LogP contribution in [0.2, 0.25) is 0 Å². The summed E-state index contributed by atoms with van der Waals surface area (Å²) in [4.78, 5) is 0. The maximum atomic E-state index is 10.6. The molecule has 2 aliphatic carbocycles. The number of aliphatic hydroxyl groups is 1. The molecule has 2 aliphatic rings. The number of fused-ring (bicyclic) bond motifs is 3. The Labute approximate surface area is 181 Å². The summed E-state index contributed by atoms with van der Waals surface area (Å²) in [5, 5.41) is 10.6. The molecule has 166 valence electrons. The van der Waals surface area contributed by atoms with Crippen molar-refractivity contribution in [3.05, 3.63) is 29.3 Å². The molecule has 0 aromatic heterocycles. The van der Waals surface area contributed by atoms with Crippen LogP contribution in [-0.2, 0) is 6.42 Å². The molecular weight excluding hydrogens is 376 g/mol. The molecule has 0 saturated heterocycles. The second kappa shape index (κ2) is 7.79. The van der Waals surface area contributed by atoms with Crippen LogP contribution in [0.15, 0.2) is 18.2 Å². The average molecular weight is 421 g/mol. The van der Waals surface area contributed by atoms with E-state index < -0.39 is 10.3 Å². The summed E-state index contributed by atoms with van der Waals surface area (Å²) in [5.74, 6) is 3.54. The van der Waals surface area contributed by atoms with E-state index in [0.717, 1.165) is 25.0 Å². The van der Waals surface area contributed by atoms with Crippen LogP contribution in [-0.4, -0.2) is 28.5 Å². The molecule has 0 amide bonds. The highest BCUT2D eigenvalue weighted by atomic mass is 32.3. The molecule has 2 nitrogen and oxygen atoms in total. The number of aliphatic hydroxyl groups excluding tert-OH is 1. The van der Waals surface area contributed by atoms with Crippen LogP contribution in [0.1, 0.15) is 84.8 Å². The third kappa shape index (κ3) is 3.99. The van der Waals surface area contributed by atoms with E-state index in [2.05, 4.69) is 72.3 Å². The van der Waals surface area contributed by atoms with E-state index in [1.165, 1.54) is 12.0 Å². The first-order valence-corrected chi connectivity index (χ1v) is 13.9. The fraction of sp³-hybridized carbons (Fsp3) is 0.769. The molecule has 1 saturated carbocycles. The highest BCUT2D eigenvalue weighted by Gasteiger charge is 2.52. The normalized spacial score (nSPS) is 34.1. The minimum atomic E-state index is -1.18. The predicted octanol–water partition coefficient (Wildman–Crippen LogP) is 6.94. The van der Waals surface area contributed by atoms with E-state index >= 15 is 0 Å². The lowest BCUT2D eigenvalue weighted by Gasteiger charge is -2.56. The maximum Gasteiger partial charge on any atom is 0.135 e. The smallest absolute Gasteiger partial charge is 0.135 e. The predicted molar refractivity (Wildman–Crippen MR) is 128 cm³/mol. The summed E-state index contributed by atoms with van der Waals surface area (Å²) in [5.41, 5.74) is 3.08. The quantitative estimate of drug-likeness (QED) is 0.571. The number of benzene rings is 1. The molecular formula is C26H44O2S. The van der Waals surface area contributed by atoms with Crippen molar-refractivity contribution in [3.8, 4) is 5.75 Å². The van der Waals surface area contributed by atoms with E-state index in [4.69, 9.17) is 4.18 Å². The zero-order valence-corrected chi connectivity index (χ0v) is 21.0. The van der Waals surface area contributed by atoms with Crippen LogP contribution in [0.3, 0.4) is 0 Å². The topological polar surface area (TPSA) is 29.5 Å². The van der Waals surface area contributed by atoms with Crippen molar-refractivity contribution in [2.24, 2.45) is 23.2 Å². The molecule has 1 fully saturated rings. The molecule has 1 aromatic carbocycles.